The molecule has 2 N–H and O–H groups in total. The van der Waals surface area contributed by atoms with E-state index in [4.69, 9.17) is 0 Å². The van der Waals surface area contributed by atoms with Crippen molar-refractivity contribution in [2.45, 2.75) is 52.0 Å². The van der Waals surface area contributed by atoms with Crippen LogP contribution < -0.4 is 10.6 Å². The summed E-state index contributed by atoms with van der Waals surface area (Å²) < 4.78 is 0. The van der Waals surface area contributed by atoms with Gasteiger partial charge in [0.1, 0.15) is 0 Å². The van der Waals surface area contributed by atoms with Gasteiger partial charge in [0.05, 0.1) is 0 Å². The number of hydrogen-bond donors (Lipinski definition) is 2. The molecule has 3 rings (SSSR count). The first-order chi connectivity index (χ1) is 12.5. The van der Waals surface area contributed by atoms with Gasteiger partial charge >= 0.3 is 6.03 Å². The highest BCUT2D eigenvalue weighted by atomic mass is 16.2. The summed E-state index contributed by atoms with van der Waals surface area (Å²) in [6, 6.07) is 9.72. The average Bonchev–Trinajstić information content (AvgIpc) is 2.66. The third-order valence-corrected chi connectivity index (χ3v) is 6.21. The highest BCUT2D eigenvalue weighted by molar-refractivity contribution is 5.89. The molecule has 26 heavy (non-hydrogen) atoms. The first-order valence-electron chi connectivity index (χ1n) is 9.96. The molecule has 1 saturated heterocycles. The van der Waals surface area contributed by atoms with Gasteiger partial charge in [0.15, 0.2) is 0 Å². The Hall–Kier alpha value is -2.04. The maximum atomic E-state index is 12.7. The molecule has 1 aromatic carbocycles. The van der Waals surface area contributed by atoms with Crippen molar-refractivity contribution in [3.63, 3.8) is 0 Å². The van der Waals surface area contributed by atoms with E-state index in [1.54, 1.807) is 0 Å². The molecule has 0 radical (unpaired) electrons. The van der Waals surface area contributed by atoms with Gasteiger partial charge in [-0.25, -0.2) is 4.79 Å². The number of rotatable bonds is 3. The monoisotopic (exact) mass is 357 g/mol. The Morgan fingerprint density at radius 2 is 1.69 bits per heavy atom. The van der Waals surface area contributed by atoms with E-state index in [2.05, 4.69) is 24.5 Å². The Balaban J connectivity index is 1.45. The SMILES string of the molecule is C[C@@H]1[C@@H](C)CCC[C@H]1NC(=O)C1CCN(C(=O)Nc2ccccc2)CC1. The van der Waals surface area contributed by atoms with Gasteiger partial charge in [0, 0.05) is 30.7 Å². The fourth-order valence-electron chi connectivity index (χ4n) is 4.16. The highest BCUT2D eigenvalue weighted by Gasteiger charge is 2.32. The van der Waals surface area contributed by atoms with E-state index in [-0.39, 0.29) is 17.9 Å². The lowest BCUT2D eigenvalue weighted by Crippen LogP contribution is -2.49. The Kier molecular flexibility index (Phi) is 6.17. The van der Waals surface area contributed by atoms with Crippen molar-refractivity contribution in [3.05, 3.63) is 30.3 Å². The Bertz CT molecular complexity index is 611. The predicted molar refractivity (Wildman–Crippen MR) is 104 cm³/mol. The second-order valence-corrected chi connectivity index (χ2v) is 7.94. The summed E-state index contributed by atoms with van der Waals surface area (Å²) in [5.74, 6) is 1.43. The van der Waals surface area contributed by atoms with Gasteiger partial charge in [-0.05, 0) is 43.2 Å². The maximum Gasteiger partial charge on any atom is 0.321 e. The van der Waals surface area contributed by atoms with Crippen LogP contribution in [0.1, 0.15) is 46.0 Å². The molecule has 1 heterocycles. The number of hydrogen-bond acceptors (Lipinski definition) is 2. The zero-order valence-corrected chi connectivity index (χ0v) is 15.9. The first-order valence-corrected chi connectivity index (χ1v) is 9.96. The second-order valence-electron chi connectivity index (χ2n) is 7.94. The topological polar surface area (TPSA) is 61.4 Å². The van der Waals surface area contributed by atoms with Gasteiger partial charge in [0.2, 0.25) is 5.91 Å². The second kappa shape index (κ2) is 8.56. The third-order valence-electron chi connectivity index (χ3n) is 6.21. The van der Waals surface area contributed by atoms with Crippen molar-refractivity contribution in [1.29, 1.82) is 0 Å². The molecule has 1 aromatic rings. The molecule has 3 amide bonds. The van der Waals surface area contributed by atoms with Crippen molar-refractivity contribution >= 4 is 17.6 Å². The Morgan fingerprint density at radius 3 is 2.38 bits per heavy atom. The molecule has 142 valence electrons. The van der Waals surface area contributed by atoms with Crippen LogP contribution in [-0.2, 0) is 4.79 Å². The zero-order valence-electron chi connectivity index (χ0n) is 15.9. The van der Waals surface area contributed by atoms with Crippen LogP contribution in [0.3, 0.4) is 0 Å². The smallest absolute Gasteiger partial charge is 0.321 e. The van der Waals surface area contributed by atoms with Crippen LogP contribution in [0, 0.1) is 17.8 Å². The number of piperidine rings is 1. The van der Waals surface area contributed by atoms with Crippen LogP contribution in [0.25, 0.3) is 0 Å². The lowest BCUT2D eigenvalue weighted by molar-refractivity contribution is -0.127. The van der Waals surface area contributed by atoms with Gasteiger partial charge in [-0.15, -0.1) is 0 Å². The molecule has 0 spiro atoms. The molecule has 5 nitrogen and oxygen atoms in total. The van der Waals surface area contributed by atoms with Crippen LogP contribution in [0.4, 0.5) is 10.5 Å². The van der Waals surface area contributed by atoms with Gasteiger partial charge in [0.25, 0.3) is 0 Å². The number of likely N-dealkylation sites (tertiary alicyclic amines) is 1. The number of nitrogens with zero attached hydrogens (tertiary/aromatic N) is 1. The number of benzene rings is 1. The van der Waals surface area contributed by atoms with Crippen molar-refractivity contribution in [1.82, 2.24) is 10.2 Å². The number of carbonyl (C=O) groups excluding carboxylic acids is 2. The lowest BCUT2D eigenvalue weighted by Gasteiger charge is -2.37. The van der Waals surface area contributed by atoms with Gasteiger partial charge in [-0.3, -0.25) is 4.79 Å². The largest absolute Gasteiger partial charge is 0.353 e. The highest BCUT2D eigenvalue weighted by Crippen LogP contribution is 2.30. The molecule has 0 aromatic heterocycles. The van der Waals surface area contributed by atoms with E-state index in [1.807, 2.05) is 35.2 Å². The minimum atomic E-state index is -0.0789. The Labute approximate surface area is 156 Å². The zero-order chi connectivity index (χ0) is 18.5. The molecule has 1 saturated carbocycles. The summed E-state index contributed by atoms with van der Waals surface area (Å²) in [6.45, 7) is 5.80. The summed E-state index contributed by atoms with van der Waals surface area (Å²) in [4.78, 5) is 26.8. The first kappa shape index (κ1) is 18.7. The molecule has 2 fully saturated rings. The van der Waals surface area contributed by atoms with Crippen LogP contribution in [0.15, 0.2) is 30.3 Å². The van der Waals surface area contributed by atoms with E-state index in [1.165, 1.54) is 12.8 Å². The molecule has 5 heteroatoms. The van der Waals surface area contributed by atoms with Crippen molar-refractivity contribution in [3.8, 4) is 0 Å². The molecule has 0 unspecified atom stereocenters. The number of carbonyl (C=O) groups is 2. The summed E-state index contributed by atoms with van der Waals surface area (Å²) in [5.41, 5.74) is 0.803. The number of urea groups is 1. The molecule has 1 aliphatic carbocycles. The standard InChI is InChI=1S/C21H31N3O2/c1-15-7-6-10-19(16(15)2)23-20(25)17-11-13-24(14-12-17)21(26)22-18-8-4-3-5-9-18/h3-5,8-9,15-17,19H,6-7,10-14H2,1-2H3,(H,22,26)(H,23,25)/t15-,16+,19+/m0/s1. The van der Waals surface area contributed by atoms with E-state index in [9.17, 15) is 9.59 Å². The fourth-order valence-corrected chi connectivity index (χ4v) is 4.16. The van der Waals surface area contributed by atoms with E-state index < -0.39 is 0 Å². The molecule has 3 atom stereocenters. The van der Waals surface area contributed by atoms with E-state index in [0.717, 1.165) is 24.9 Å². The summed E-state index contributed by atoms with van der Waals surface area (Å²) in [5, 5.41) is 6.21. The van der Waals surface area contributed by atoms with Crippen molar-refractivity contribution < 1.29 is 9.59 Å². The number of amides is 3. The Morgan fingerprint density at radius 1 is 1.00 bits per heavy atom. The molecule has 1 aliphatic heterocycles. The van der Waals surface area contributed by atoms with Crippen molar-refractivity contribution in [2.24, 2.45) is 17.8 Å². The summed E-state index contributed by atoms with van der Waals surface area (Å²) in [6.07, 6.45) is 5.04. The van der Waals surface area contributed by atoms with E-state index >= 15 is 0 Å². The van der Waals surface area contributed by atoms with Gasteiger partial charge in [-0.1, -0.05) is 44.9 Å². The lowest BCUT2D eigenvalue weighted by atomic mass is 9.78. The predicted octanol–water partition coefficient (Wildman–Crippen LogP) is 3.87. The summed E-state index contributed by atoms with van der Waals surface area (Å²) in [7, 11) is 0. The van der Waals surface area contributed by atoms with Gasteiger partial charge in [-0.2, -0.15) is 0 Å². The molecular weight excluding hydrogens is 326 g/mol. The minimum Gasteiger partial charge on any atom is -0.353 e. The van der Waals surface area contributed by atoms with E-state index in [0.29, 0.717) is 31.0 Å². The van der Waals surface area contributed by atoms with Crippen LogP contribution in [-0.4, -0.2) is 36.0 Å². The van der Waals surface area contributed by atoms with Crippen LogP contribution >= 0.6 is 0 Å². The van der Waals surface area contributed by atoms with Crippen LogP contribution in [0.2, 0.25) is 0 Å². The van der Waals surface area contributed by atoms with Crippen molar-refractivity contribution in [2.75, 3.05) is 18.4 Å². The fraction of sp³-hybridized carbons (Fsp3) is 0.619. The number of nitrogens with one attached hydrogen (secondary N) is 2. The normalized spacial score (nSPS) is 27.0. The number of para-hydroxylation sites is 1. The quantitative estimate of drug-likeness (QED) is 0.862. The third kappa shape index (κ3) is 4.57. The van der Waals surface area contributed by atoms with Crippen LogP contribution in [0.5, 0.6) is 0 Å². The molecule has 0 bridgehead atoms. The average molecular weight is 357 g/mol. The minimum absolute atomic E-state index is 0.0280. The maximum absolute atomic E-state index is 12.7. The summed E-state index contributed by atoms with van der Waals surface area (Å²) >= 11 is 0. The molecule has 2 aliphatic rings. The molecular formula is C21H31N3O2. The number of anilines is 1. The van der Waals surface area contributed by atoms with Gasteiger partial charge < -0.3 is 15.5 Å².